The summed E-state index contributed by atoms with van der Waals surface area (Å²) in [6.07, 6.45) is -2.68. The van der Waals surface area contributed by atoms with Gasteiger partial charge in [0.25, 0.3) is 0 Å². The lowest BCUT2D eigenvalue weighted by molar-refractivity contribution is -0.187. The van der Waals surface area contributed by atoms with E-state index >= 15 is 0 Å². The molecule has 2 aromatic rings. The van der Waals surface area contributed by atoms with Crippen molar-refractivity contribution >= 4 is 0 Å². The maximum Gasteiger partial charge on any atom is 0.429 e. The van der Waals surface area contributed by atoms with Crippen LogP contribution in [0, 0.1) is 23.4 Å². The molecule has 0 aliphatic heterocycles. The van der Waals surface area contributed by atoms with Crippen molar-refractivity contribution in [1.82, 2.24) is 0 Å². The molecule has 1 nitrogen and oxygen atoms in total. The van der Waals surface area contributed by atoms with Crippen molar-refractivity contribution in [2.45, 2.75) is 70.1 Å². The van der Waals surface area contributed by atoms with Crippen LogP contribution >= 0.6 is 0 Å². The molecule has 3 rings (SSSR count). The predicted octanol–water partition coefficient (Wildman–Crippen LogP) is 8.72. The molecule has 0 N–H and O–H groups in total. The SMILES string of the molecule is CCCCC1CCC(c2ccc(C(F)(F)Oc3cc(F)c(C(F)(F)F)c(F)c3)c(F)c2)CC1. The van der Waals surface area contributed by atoms with Gasteiger partial charge < -0.3 is 4.74 Å². The second-order valence-corrected chi connectivity index (χ2v) is 8.48. The van der Waals surface area contributed by atoms with Gasteiger partial charge in [0.1, 0.15) is 28.8 Å². The molecule has 9 heteroatoms. The summed E-state index contributed by atoms with van der Waals surface area (Å²) in [5.74, 6) is -6.03. The van der Waals surface area contributed by atoms with Gasteiger partial charge in [-0.1, -0.05) is 32.3 Å². The topological polar surface area (TPSA) is 9.23 Å². The lowest BCUT2D eigenvalue weighted by Gasteiger charge is -2.29. The fourth-order valence-electron chi connectivity index (χ4n) is 4.38. The Hall–Kier alpha value is -2.32. The quantitative estimate of drug-likeness (QED) is 0.360. The molecule has 0 spiro atoms. The third-order valence-corrected chi connectivity index (χ3v) is 6.14. The molecule has 33 heavy (non-hydrogen) atoms. The highest BCUT2D eigenvalue weighted by atomic mass is 19.4. The number of benzene rings is 2. The Kier molecular flexibility index (Phi) is 7.59. The highest BCUT2D eigenvalue weighted by molar-refractivity contribution is 5.34. The van der Waals surface area contributed by atoms with Crippen LogP contribution in [-0.4, -0.2) is 0 Å². The Morgan fingerprint density at radius 3 is 1.97 bits per heavy atom. The molecule has 1 aliphatic rings. The van der Waals surface area contributed by atoms with E-state index in [1.165, 1.54) is 6.07 Å². The van der Waals surface area contributed by atoms with Crippen molar-refractivity contribution in [3.63, 3.8) is 0 Å². The summed E-state index contributed by atoms with van der Waals surface area (Å²) in [7, 11) is 0. The van der Waals surface area contributed by atoms with Crippen LogP contribution in [0.25, 0.3) is 0 Å². The zero-order valence-corrected chi connectivity index (χ0v) is 17.9. The van der Waals surface area contributed by atoms with Crippen LogP contribution in [0.15, 0.2) is 30.3 Å². The van der Waals surface area contributed by atoms with E-state index in [4.69, 9.17) is 0 Å². The van der Waals surface area contributed by atoms with E-state index in [0.29, 0.717) is 11.5 Å². The zero-order valence-electron chi connectivity index (χ0n) is 17.9. The van der Waals surface area contributed by atoms with Gasteiger partial charge in [0, 0.05) is 12.1 Å². The summed E-state index contributed by atoms with van der Waals surface area (Å²) < 4.78 is 113. The van der Waals surface area contributed by atoms with Crippen molar-refractivity contribution in [2.75, 3.05) is 0 Å². The van der Waals surface area contributed by atoms with Crippen molar-refractivity contribution in [3.05, 3.63) is 64.5 Å². The van der Waals surface area contributed by atoms with Crippen LogP contribution in [0.1, 0.15) is 74.5 Å². The van der Waals surface area contributed by atoms with E-state index in [0.717, 1.165) is 57.1 Å². The average molecular weight is 480 g/mol. The minimum atomic E-state index is -5.35. The van der Waals surface area contributed by atoms with E-state index in [9.17, 15) is 35.1 Å². The molecule has 1 fully saturated rings. The first kappa shape index (κ1) is 25.3. The smallest absolute Gasteiger partial charge is 0.429 e. The monoisotopic (exact) mass is 480 g/mol. The van der Waals surface area contributed by atoms with Crippen LogP contribution in [0.4, 0.5) is 35.1 Å². The van der Waals surface area contributed by atoms with E-state index < -0.39 is 46.6 Å². The molecule has 0 radical (unpaired) electrons. The molecule has 0 heterocycles. The van der Waals surface area contributed by atoms with Crippen LogP contribution in [0.2, 0.25) is 0 Å². The number of alkyl halides is 5. The summed E-state index contributed by atoms with van der Waals surface area (Å²) in [5.41, 5.74) is -2.82. The number of unbranched alkanes of at least 4 members (excludes halogenated alkanes) is 1. The number of hydrogen-bond acceptors (Lipinski definition) is 1. The van der Waals surface area contributed by atoms with Gasteiger partial charge in [-0.15, -0.1) is 0 Å². The summed E-state index contributed by atoms with van der Waals surface area (Å²) >= 11 is 0. The summed E-state index contributed by atoms with van der Waals surface area (Å²) in [6.45, 7) is 2.13. The minimum Gasteiger partial charge on any atom is -0.429 e. The maximum absolute atomic E-state index is 14.6. The standard InChI is InChI=1S/C24H24F8O/c1-2-3-4-14-5-7-15(8-6-14)16-9-10-18(19(25)11-16)24(31,32)33-17-12-20(26)22(21(27)13-17)23(28,29)30/h9-15H,2-8H2,1H3. The number of ether oxygens (including phenoxy) is 1. The fraction of sp³-hybridized carbons (Fsp3) is 0.500. The second kappa shape index (κ2) is 9.89. The van der Waals surface area contributed by atoms with Crippen LogP contribution in [0.3, 0.4) is 0 Å². The van der Waals surface area contributed by atoms with E-state index in [1.54, 1.807) is 0 Å². The molecular weight excluding hydrogens is 456 g/mol. The number of halogens is 8. The van der Waals surface area contributed by atoms with Gasteiger partial charge in [-0.2, -0.15) is 22.0 Å². The second-order valence-electron chi connectivity index (χ2n) is 8.48. The molecule has 0 saturated heterocycles. The third kappa shape index (κ3) is 5.98. The Morgan fingerprint density at radius 1 is 0.848 bits per heavy atom. The zero-order chi connectivity index (χ0) is 24.4. The normalized spacial score (nSPS) is 19.5. The molecule has 1 aliphatic carbocycles. The summed E-state index contributed by atoms with van der Waals surface area (Å²) in [5, 5.41) is 0. The molecule has 182 valence electrons. The molecule has 0 amide bonds. The first-order valence-corrected chi connectivity index (χ1v) is 10.8. The van der Waals surface area contributed by atoms with E-state index in [1.807, 2.05) is 0 Å². The van der Waals surface area contributed by atoms with E-state index in [-0.39, 0.29) is 18.1 Å². The Labute approximate surface area is 186 Å². The van der Waals surface area contributed by atoms with Gasteiger partial charge in [0.2, 0.25) is 0 Å². The van der Waals surface area contributed by atoms with Gasteiger partial charge in [0.05, 0.1) is 5.56 Å². The van der Waals surface area contributed by atoms with Crippen molar-refractivity contribution < 1.29 is 39.9 Å². The van der Waals surface area contributed by atoms with E-state index in [2.05, 4.69) is 11.7 Å². The highest BCUT2D eigenvalue weighted by Gasteiger charge is 2.41. The number of hydrogen-bond donors (Lipinski definition) is 0. The lowest BCUT2D eigenvalue weighted by atomic mass is 9.77. The predicted molar refractivity (Wildman–Crippen MR) is 107 cm³/mol. The number of rotatable bonds is 7. The summed E-state index contributed by atoms with van der Waals surface area (Å²) in [6, 6.07) is 3.18. The molecule has 0 unspecified atom stereocenters. The van der Waals surface area contributed by atoms with Crippen LogP contribution < -0.4 is 4.74 Å². The average Bonchev–Trinajstić information content (AvgIpc) is 2.70. The Bertz CT molecular complexity index is 938. The minimum absolute atomic E-state index is 0.0108. The van der Waals surface area contributed by atoms with Crippen molar-refractivity contribution in [1.29, 1.82) is 0 Å². The van der Waals surface area contributed by atoms with Crippen LogP contribution in [0.5, 0.6) is 5.75 Å². The Balaban J connectivity index is 1.74. The van der Waals surface area contributed by atoms with Crippen LogP contribution in [-0.2, 0) is 12.3 Å². The molecule has 1 saturated carbocycles. The maximum atomic E-state index is 14.6. The first-order valence-electron chi connectivity index (χ1n) is 10.8. The largest absolute Gasteiger partial charge is 0.429 e. The molecule has 0 bridgehead atoms. The highest BCUT2D eigenvalue weighted by Crippen LogP contribution is 2.41. The molecular formula is C24H24F8O. The molecule has 0 aromatic heterocycles. The first-order chi connectivity index (χ1) is 15.4. The van der Waals surface area contributed by atoms with Gasteiger partial charge in [-0.05, 0) is 55.2 Å². The third-order valence-electron chi connectivity index (χ3n) is 6.14. The fourth-order valence-corrected chi connectivity index (χ4v) is 4.38. The van der Waals surface area contributed by atoms with Crippen molar-refractivity contribution in [2.24, 2.45) is 5.92 Å². The van der Waals surface area contributed by atoms with Gasteiger partial charge in [0.15, 0.2) is 0 Å². The lowest BCUT2D eigenvalue weighted by Crippen LogP contribution is -2.24. The van der Waals surface area contributed by atoms with Crippen molar-refractivity contribution in [3.8, 4) is 5.75 Å². The van der Waals surface area contributed by atoms with Gasteiger partial charge >= 0.3 is 12.3 Å². The summed E-state index contributed by atoms with van der Waals surface area (Å²) in [4.78, 5) is 0. The molecule has 0 atom stereocenters. The van der Waals surface area contributed by atoms with Gasteiger partial charge in [-0.3, -0.25) is 0 Å². The Morgan fingerprint density at radius 2 is 1.45 bits per heavy atom. The van der Waals surface area contributed by atoms with Gasteiger partial charge in [-0.25, -0.2) is 13.2 Å². The molecule has 2 aromatic carbocycles.